The van der Waals surface area contributed by atoms with Crippen LogP contribution in [0.15, 0.2) is 53.5 Å². The Labute approximate surface area is 176 Å². The topological polar surface area (TPSA) is 60.8 Å². The molecular formula is C24H28N2O4. The first kappa shape index (κ1) is 21.4. The second-order valence-electron chi connectivity index (χ2n) is 6.99. The van der Waals surface area contributed by atoms with Gasteiger partial charge in [0.05, 0.1) is 19.7 Å². The predicted molar refractivity (Wildman–Crippen MR) is 119 cm³/mol. The average Bonchev–Trinajstić information content (AvgIpc) is 2.79. The number of carbonyl (C=O) groups is 1. The summed E-state index contributed by atoms with van der Waals surface area (Å²) in [5, 5.41) is 0.597. The van der Waals surface area contributed by atoms with Crippen LogP contribution in [0.1, 0.15) is 20.3 Å². The highest BCUT2D eigenvalue weighted by molar-refractivity contribution is 5.85. The monoisotopic (exact) mass is 408 g/mol. The summed E-state index contributed by atoms with van der Waals surface area (Å²) in [6, 6.07) is 12.8. The fourth-order valence-corrected chi connectivity index (χ4v) is 3.61. The Morgan fingerprint density at radius 3 is 2.20 bits per heavy atom. The van der Waals surface area contributed by atoms with E-state index in [2.05, 4.69) is 0 Å². The zero-order chi connectivity index (χ0) is 21.7. The number of nitrogens with zero attached hydrogens (tertiary/aromatic N) is 2. The molecule has 0 unspecified atom stereocenters. The van der Waals surface area contributed by atoms with Crippen LogP contribution in [0.25, 0.3) is 22.0 Å². The number of fused-ring (bicyclic) bond motifs is 1. The van der Waals surface area contributed by atoms with Crippen molar-refractivity contribution in [3.8, 4) is 22.6 Å². The first-order valence-electron chi connectivity index (χ1n) is 10.2. The largest absolute Gasteiger partial charge is 0.497 e. The standard InChI is InChI=1S/C24H28N2O4/c1-5-25(6-2)23(27)13-14-26-16-21(17-7-9-18(29-3)10-8-17)24(28)20-12-11-19(30-4)15-22(20)26/h7-12,15-16H,5-6,13-14H2,1-4H3. The van der Waals surface area contributed by atoms with Crippen molar-refractivity contribution < 1.29 is 14.3 Å². The van der Waals surface area contributed by atoms with Gasteiger partial charge in [0, 0.05) is 49.3 Å². The Hall–Kier alpha value is -3.28. The fraction of sp³-hybridized carbons (Fsp3) is 0.333. The number of carbonyl (C=O) groups excluding carboxylic acids is 1. The van der Waals surface area contributed by atoms with Gasteiger partial charge < -0.3 is 18.9 Å². The summed E-state index contributed by atoms with van der Waals surface area (Å²) in [5.74, 6) is 1.50. The highest BCUT2D eigenvalue weighted by Crippen LogP contribution is 2.25. The molecule has 0 aliphatic heterocycles. The molecule has 0 saturated carbocycles. The molecule has 30 heavy (non-hydrogen) atoms. The third-order valence-corrected chi connectivity index (χ3v) is 5.37. The molecule has 0 aliphatic rings. The molecule has 0 saturated heterocycles. The minimum atomic E-state index is -0.0517. The van der Waals surface area contributed by atoms with E-state index in [1.165, 1.54) is 0 Å². The zero-order valence-corrected chi connectivity index (χ0v) is 18.0. The molecule has 1 amide bonds. The molecule has 0 fully saturated rings. The van der Waals surface area contributed by atoms with Crippen LogP contribution in [-0.4, -0.2) is 42.7 Å². The molecule has 0 aliphatic carbocycles. The second kappa shape index (κ2) is 9.48. The number of aryl methyl sites for hydroxylation is 1. The molecule has 3 aromatic rings. The van der Waals surface area contributed by atoms with Crippen LogP contribution in [0, 0.1) is 0 Å². The lowest BCUT2D eigenvalue weighted by atomic mass is 10.0. The number of amides is 1. The quantitative estimate of drug-likeness (QED) is 0.566. The summed E-state index contributed by atoms with van der Waals surface area (Å²) in [5.41, 5.74) is 2.10. The van der Waals surface area contributed by atoms with Gasteiger partial charge in [0.1, 0.15) is 11.5 Å². The van der Waals surface area contributed by atoms with Gasteiger partial charge >= 0.3 is 0 Å². The first-order chi connectivity index (χ1) is 14.5. The summed E-state index contributed by atoms with van der Waals surface area (Å²) in [6.07, 6.45) is 2.19. The Kier molecular flexibility index (Phi) is 6.77. The lowest BCUT2D eigenvalue weighted by Crippen LogP contribution is -2.31. The van der Waals surface area contributed by atoms with Crippen molar-refractivity contribution in [3.63, 3.8) is 0 Å². The molecule has 6 heteroatoms. The van der Waals surface area contributed by atoms with Gasteiger partial charge in [-0.3, -0.25) is 9.59 Å². The van der Waals surface area contributed by atoms with E-state index in [1.807, 2.05) is 59.8 Å². The fourth-order valence-electron chi connectivity index (χ4n) is 3.61. The molecule has 1 aromatic heterocycles. The van der Waals surface area contributed by atoms with Gasteiger partial charge in [-0.15, -0.1) is 0 Å². The van der Waals surface area contributed by atoms with E-state index in [-0.39, 0.29) is 11.3 Å². The molecule has 0 spiro atoms. The van der Waals surface area contributed by atoms with Gasteiger partial charge in [0.25, 0.3) is 0 Å². The maximum atomic E-state index is 13.2. The van der Waals surface area contributed by atoms with Crippen LogP contribution in [0.5, 0.6) is 11.5 Å². The number of benzene rings is 2. The molecule has 0 bridgehead atoms. The van der Waals surface area contributed by atoms with E-state index in [9.17, 15) is 9.59 Å². The predicted octanol–water partition coefficient (Wildman–Crippen LogP) is 3.94. The van der Waals surface area contributed by atoms with Crippen molar-refractivity contribution in [2.45, 2.75) is 26.8 Å². The van der Waals surface area contributed by atoms with E-state index < -0.39 is 0 Å². The van der Waals surface area contributed by atoms with E-state index in [4.69, 9.17) is 9.47 Å². The minimum Gasteiger partial charge on any atom is -0.497 e. The molecule has 158 valence electrons. The summed E-state index contributed by atoms with van der Waals surface area (Å²) in [7, 11) is 3.21. The van der Waals surface area contributed by atoms with Gasteiger partial charge in [-0.1, -0.05) is 12.1 Å². The average molecular weight is 408 g/mol. The summed E-state index contributed by atoms with van der Waals surface area (Å²) >= 11 is 0. The Bertz CT molecular complexity index is 1080. The Morgan fingerprint density at radius 2 is 1.60 bits per heavy atom. The molecule has 3 rings (SSSR count). The van der Waals surface area contributed by atoms with E-state index in [0.29, 0.717) is 42.8 Å². The SMILES string of the molecule is CCN(CC)C(=O)CCn1cc(-c2ccc(OC)cc2)c(=O)c2ccc(OC)cc21. The highest BCUT2D eigenvalue weighted by Gasteiger charge is 2.14. The van der Waals surface area contributed by atoms with Gasteiger partial charge in [0.15, 0.2) is 5.43 Å². The van der Waals surface area contributed by atoms with Crippen LogP contribution >= 0.6 is 0 Å². The number of hydrogen-bond acceptors (Lipinski definition) is 4. The number of aromatic nitrogens is 1. The van der Waals surface area contributed by atoms with E-state index in [1.54, 1.807) is 26.4 Å². The van der Waals surface area contributed by atoms with Gasteiger partial charge in [0.2, 0.25) is 5.91 Å². The Balaban J connectivity index is 2.09. The number of pyridine rings is 1. The van der Waals surface area contributed by atoms with Crippen molar-refractivity contribution >= 4 is 16.8 Å². The van der Waals surface area contributed by atoms with Crippen molar-refractivity contribution in [2.75, 3.05) is 27.3 Å². The lowest BCUT2D eigenvalue weighted by molar-refractivity contribution is -0.131. The highest BCUT2D eigenvalue weighted by atomic mass is 16.5. The molecule has 6 nitrogen and oxygen atoms in total. The Morgan fingerprint density at radius 1 is 0.967 bits per heavy atom. The molecule has 0 N–H and O–H groups in total. The van der Waals surface area contributed by atoms with Crippen LogP contribution in [0.3, 0.4) is 0 Å². The number of rotatable bonds is 8. The van der Waals surface area contributed by atoms with Crippen LogP contribution in [0.2, 0.25) is 0 Å². The summed E-state index contributed by atoms with van der Waals surface area (Å²) in [4.78, 5) is 27.6. The van der Waals surface area contributed by atoms with Crippen molar-refractivity contribution in [2.24, 2.45) is 0 Å². The molecule has 0 atom stereocenters. The minimum absolute atomic E-state index is 0.0517. The van der Waals surface area contributed by atoms with Crippen LogP contribution in [-0.2, 0) is 11.3 Å². The second-order valence-corrected chi connectivity index (χ2v) is 6.99. The van der Waals surface area contributed by atoms with Crippen LogP contribution < -0.4 is 14.9 Å². The maximum absolute atomic E-state index is 13.2. The normalized spacial score (nSPS) is 10.8. The lowest BCUT2D eigenvalue weighted by Gasteiger charge is -2.20. The van der Waals surface area contributed by atoms with Crippen molar-refractivity contribution in [1.82, 2.24) is 9.47 Å². The van der Waals surface area contributed by atoms with Gasteiger partial charge in [-0.25, -0.2) is 0 Å². The molecule has 2 aromatic carbocycles. The molecule has 1 heterocycles. The van der Waals surface area contributed by atoms with E-state index in [0.717, 1.165) is 16.8 Å². The van der Waals surface area contributed by atoms with Crippen molar-refractivity contribution in [3.05, 3.63) is 58.9 Å². The number of hydrogen-bond donors (Lipinski definition) is 0. The number of methoxy groups -OCH3 is 2. The van der Waals surface area contributed by atoms with Gasteiger partial charge in [-0.2, -0.15) is 0 Å². The third kappa shape index (κ3) is 4.32. The smallest absolute Gasteiger partial charge is 0.224 e. The first-order valence-corrected chi connectivity index (χ1v) is 10.2. The summed E-state index contributed by atoms with van der Waals surface area (Å²) in [6.45, 7) is 5.80. The molecule has 0 radical (unpaired) electrons. The summed E-state index contributed by atoms with van der Waals surface area (Å²) < 4.78 is 12.5. The third-order valence-electron chi connectivity index (χ3n) is 5.37. The maximum Gasteiger partial charge on any atom is 0.224 e. The van der Waals surface area contributed by atoms with Gasteiger partial charge in [-0.05, 0) is 43.7 Å². The zero-order valence-electron chi connectivity index (χ0n) is 18.0. The number of ether oxygens (including phenoxy) is 2. The van der Waals surface area contributed by atoms with Crippen LogP contribution in [0.4, 0.5) is 0 Å². The van der Waals surface area contributed by atoms with Crippen molar-refractivity contribution in [1.29, 1.82) is 0 Å². The van der Waals surface area contributed by atoms with E-state index >= 15 is 0 Å². The molecular weight excluding hydrogens is 380 g/mol.